The molecule has 24 heavy (non-hydrogen) atoms. The van der Waals surface area contributed by atoms with Gasteiger partial charge >= 0.3 is 0 Å². The molecule has 1 aromatic rings. The summed E-state index contributed by atoms with van der Waals surface area (Å²) in [5.74, 6) is 1.22. The number of hydrogen-bond donors (Lipinski definition) is 1. The molecule has 0 aromatic carbocycles. The molecule has 1 aromatic heterocycles. The Morgan fingerprint density at radius 2 is 2.04 bits per heavy atom. The molecule has 6 nitrogen and oxygen atoms in total. The van der Waals surface area contributed by atoms with Crippen molar-refractivity contribution in [2.45, 2.75) is 44.2 Å². The lowest BCUT2D eigenvalue weighted by Gasteiger charge is -2.36. The zero-order valence-corrected chi connectivity index (χ0v) is 13.9. The van der Waals surface area contributed by atoms with Gasteiger partial charge in [0.15, 0.2) is 5.76 Å². The quantitative estimate of drug-likeness (QED) is 0.890. The largest absolute Gasteiger partial charge is 0.459 e. The number of amides is 2. The maximum atomic E-state index is 13.1. The van der Waals surface area contributed by atoms with Crippen LogP contribution in [-0.4, -0.2) is 53.3 Å². The maximum Gasteiger partial charge on any atom is 0.290 e. The van der Waals surface area contributed by atoms with Gasteiger partial charge in [0.2, 0.25) is 5.91 Å². The SMILES string of the molecule is NC1CCC2CN(C(=O)C3CCCCN3C(=O)c3ccco3)CC12. The van der Waals surface area contributed by atoms with Crippen molar-refractivity contribution in [1.82, 2.24) is 9.80 Å². The van der Waals surface area contributed by atoms with E-state index in [0.29, 0.717) is 24.1 Å². The van der Waals surface area contributed by atoms with Crippen LogP contribution in [0.25, 0.3) is 0 Å². The van der Waals surface area contributed by atoms with Crippen LogP contribution >= 0.6 is 0 Å². The summed E-state index contributed by atoms with van der Waals surface area (Å²) in [6, 6.07) is 3.24. The molecule has 4 rings (SSSR count). The Labute approximate surface area is 142 Å². The maximum absolute atomic E-state index is 13.1. The summed E-state index contributed by atoms with van der Waals surface area (Å²) in [6.07, 6.45) is 6.35. The normalized spacial score (nSPS) is 32.9. The number of rotatable bonds is 2. The summed E-state index contributed by atoms with van der Waals surface area (Å²) in [4.78, 5) is 29.4. The van der Waals surface area contributed by atoms with Crippen LogP contribution in [-0.2, 0) is 4.79 Å². The van der Waals surface area contributed by atoms with Crippen molar-refractivity contribution >= 4 is 11.8 Å². The van der Waals surface area contributed by atoms with Gasteiger partial charge in [-0.1, -0.05) is 0 Å². The van der Waals surface area contributed by atoms with E-state index in [1.165, 1.54) is 6.26 Å². The molecule has 2 saturated heterocycles. The molecular weight excluding hydrogens is 306 g/mol. The zero-order chi connectivity index (χ0) is 16.7. The lowest BCUT2D eigenvalue weighted by atomic mass is 9.98. The fourth-order valence-corrected chi connectivity index (χ4v) is 4.67. The Bertz CT molecular complexity index is 615. The number of furan rings is 1. The first-order valence-corrected chi connectivity index (χ1v) is 9.04. The van der Waals surface area contributed by atoms with E-state index in [4.69, 9.17) is 10.2 Å². The van der Waals surface area contributed by atoms with Gasteiger partial charge in [-0.15, -0.1) is 0 Å². The third-order valence-corrected chi connectivity index (χ3v) is 6.00. The topological polar surface area (TPSA) is 79.8 Å². The highest BCUT2D eigenvalue weighted by molar-refractivity contribution is 5.95. The fourth-order valence-electron chi connectivity index (χ4n) is 4.67. The van der Waals surface area contributed by atoms with E-state index >= 15 is 0 Å². The summed E-state index contributed by atoms with van der Waals surface area (Å²) >= 11 is 0. The Kier molecular flexibility index (Phi) is 4.08. The van der Waals surface area contributed by atoms with Crippen LogP contribution in [0.5, 0.6) is 0 Å². The molecule has 2 N–H and O–H groups in total. The second-order valence-corrected chi connectivity index (χ2v) is 7.40. The molecule has 6 heteroatoms. The summed E-state index contributed by atoms with van der Waals surface area (Å²) in [6.45, 7) is 2.18. The highest BCUT2D eigenvalue weighted by Crippen LogP contribution is 2.38. The van der Waals surface area contributed by atoms with Crippen LogP contribution < -0.4 is 5.73 Å². The van der Waals surface area contributed by atoms with E-state index < -0.39 is 0 Å². The summed E-state index contributed by atoms with van der Waals surface area (Å²) in [5, 5.41) is 0. The molecule has 2 aliphatic heterocycles. The average molecular weight is 331 g/mol. The molecule has 3 heterocycles. The first kappa shape index (κ1) is 15.7. The van der Waals surface area contributed by atoms with Gasteiger partial charge in [0.05, 0.1) is 6.26 Å². The van der Waals surface area contributed by atoms with Gasteiger partial charge < -0.3 is 20.0 Å². The van der Waals surface area contributed by atoms with Gasteiger partial charge in [0, 0.05) is 25.7 Å². The van der Waals surface area contributed by atoms with E-state index in [0.717, 1.165) is 45.2 Å². The molecule has 4 atom stereocenters. The third-order valence-electron chi connectivity index (χ3n) is 6.00. The van der Waals surface area contributed by atoms with E-state index in [1.54, 1.807) is 17.0 Å². The summed E-state index contributed by atoms with van der Waals surface area (Å²) in [7, 11) is 0. The molecule has 3 aliphatic rings. The van der Waals surface area contributed by atoms with E-state index in [9.17, 15) is 9.59 Å². The Morgan fingerprint density at radius 3 is 2.79 bits per heavy atom. The molecule has 4 unspecified atom stereocenters. The molecule has 1 saturated carbocycles. The Hall–Kier alpha value is -1.82. The Morgan fingerprint density at radius 1 is 1.17 bits per heavy atom. The smallest absolute Gasteiger partial charge is 0.290 e. The molecule has 0 bridgehead atoms. The number of nitrogens with zero attached hydrogens (tertiary/aromatic N) is 2. The Balaban J connectivity index is 1.49. The summed E-state index contributed by atoms with van der Waals surface area (Å²) < 4.78 is 5.24. The molecule has 130 valence electrons. The number of hydrogen-bond acceptors (Lipinski definition) is 4. The van der Waals surface area contributed by atoms with Gasteiger partial charge in [0.25, 0.3) is 5.91 Å². The van der Waals surface area contributed by atoms with Crippen LogP contribution in [0, 0.1) is 11.8 Å². The zero-order valence-electron chi connectivity index (χ0n) is 13.9. The van der Waals surface area contributed by atoms with Crippen molar-refractivity contribution in [3.63, 3.8) is 0 Å². The monoisotopic (exact) mass is 331 g/mol. The fraction of sp³-hybridized carbons (Fsp3) is 0.667. The number of likely N-dealkylation sites (tertiary alicyclic amines) is 2. The van der Waals surface area contributed by atoms with Gasteiger partial charge in [-0.2, -0.15) is 0 Å². The van der Waals surface area contributed by atoms with Gasteiger partial charge in [-0.3, -0.25) is 9.59 Å². The second-order valence-electron chi connectivity index (χ2n) is 7.40. The number of fused-ring (bicyclic) bond motifs is 1. The van der Waals surface area contributed by atoms with Crippen molar-refractivity contribution in [2.75, 3.05) is 19.6 Å². The van der Waals surface area contributed by atoms with Crippen LogP contribution in [0.2, 0.25) is 0 Å². The minimum atomic E-state index is -0.355. The van der Waals surface area contributed by atoms with Crippen LogP contribution in [0.15, 0.2) is 22.8 Å². The van der Waals surface area contributed by atoms with Crippen molar-refractivity contribution in [3.8, 4) is 0 Å². The first-order chi connectivity index (χ1) is 11.6. The lowest BCUT2D eigenvalue weighted by molar-refractivity contribution is -0.136. The number of nitrogens with two attached hydrogens (primary N) is 1. The molecule has 0 radical (unpaired) electrons. The van der Waals surface area contributed by atoms with Crippen molar-refractivity contribution in [3.05, 3.63) is 24.2 Å². The molecule has 2 amide bonds. The van der Waals surface area contributed by atoms with Crippen molar-refractivity contribution < 1.29 is 14.0 Å². The molecule has 3 fully saturated rings. The average Bonchev–Trinajstić information content (AvgIpc) is 3.32. The van der Waals surface area contributed by atoms with E-state index in [1.807, 2.05) is 4.90 Å². The highest BCUT2D eigenvalue weighted by atomic mass is 16.3. The predicted molar refractivity (Wildman–Crippen MR) is 88.2 cm³/mol. The predicted octanol–water partition coefficient (Wildman–Crippen LogP) is 1.47. The highest BCUT2D eigenvalue weighted by Gasteiger charge is 2.45. The van der Waals surface area contributed by atoms with Crippen LogP contribution in [0.1, 0.15) is 42.7 Å². The van der Waals surface area contributed by atoms with Gasteiger partial charge in [-0.25, -0.2) is 0 Å². The van der Waals surface area contributed by atoms with Crippen molar-refractivity contribution in [2.24, 2.45) is 17.6 Å². The lowest BCUT2D eigenvalue weighted by Crippen LogP contribution is -2.53. The van der Waals surface area contributed by atoms with Gasteiger partial charge in [-0.05, 0) is 56.1 Å². The van der Waals surface area contributed by atoms with Crippen LogP contribution in [0.4, 0.5) is 0 Å². The minimum Gasteiger partial charge on any atom is -0.459 e. The van der Waals surface area contributed by atoms with Crippen molar-refractivity contribution in [1.29, 1.82) is 0 Å². The number of carbonyl (C=O) groups is 2. The third kappa shape index (κ3) is 2.62. The van der Waals surface area contributed by atoms with Crippen LogP contribution in [0.3, 0.4) is 0 Å². The molecule has 1 aliphatic carbocycles. The van der Waals surface area contributed by atoms with E-state index in [-0.39, 0.29) is 23.9 Å². The first-order valence-electron chi connectivity index (χ1n) is 9.04. The second kappa shape index (κ2) is 6.24. The number of piperidine rings is 1. The summed E-state index contributed by atoms with van der Waals surface area (Å²) in [5.41, 5.74) is 6.19. The standard InChI is InChI=1S/C18H25N3O3/c19-14-7-6-12-10-20(11-13(12)14)17(22)15-4-1-2-8-21(15)18(23)16-5-3-9-24-16/h3,5,9,12-15H,1-2,4,6-8,10-11,19H2. The minimum absolute atomic E-state index is 0.0937. The van der Waals surface area contributed by atoms with E-state index in [2.05, 4.69) is 0 Å². The molecule has 0 spiro atoms. The van der Waals surface area contributed by atoms with Gasteiger partial charge in [0.1, 0.15) is 6.04 Å². The number of carbonyl (C=O) groups excluding carboxylic acids is 2. The molecular formula is C18H25N3O3.